The van der Waals surface area contributed by atoms with Crippen molar-refractivity contribution in [2.24, 2.45) is 0 Å². The van der Waals surface area contributed by atoms with Crippen molar-refractivity contribution in [3.8, 4) is 5.75 Å². The summed E-state index contributed by atoms with van der Waals surface area (Å²) < 4.78 is 5.75. The normalized spacial score (nSPS) is 10.8. The molecule has 0 fully saturated rings. The van der Waals surface area contributed by atoms with E-state index in [4.69, 9.17) is 9.84 Å². The van der Waals surface area contributed by atoms with E-state index in [0.29, 0.717) is 12.4 Å². The molecule has 0 amide bonds. The van der Waals surface area contributed by atoms with Crippen LogP contribution in [0.4, 0.5) is 0 Å². The van der Waals surface area contributed by atoms with Crippen molar-refractivity contribution in [3.05, 3.63) is 52.0 Å². The zero-order chi connectivity index (χ0) is 13.7. The number of benzene rings is 1. The molecule has 2 aromatic rings. The van der Waals surface area contributed by atoms with Crippen LogP contribution in [0.2, 0.25) is 0 Å². The fraction of sp³-hybridized carbons (Fsp3) is 0.143. The average molecular weight is 275 g/mol. The van der Waals surface area contributed by atoms with Crippen LogP contribution in [-0.4, -0.2) is 16.1 Å². The van der Waals surface area contributed by atoms with Crippen LogP contribution in [0.5, 0.6) is 5.75 Å². The molecule has 4 nitrogen and oxygen atoms in total. The predicted molar refractivity (Wildman–Crippen MR) is 74.3 cm³/mol. The third-order valence-electron chi connectivity index (χ3n) is 2.47. The average Bonchev–Trinajstić information content (AvgIpc) is 2.88. The summed E-state index contributed by atoms with van der Waals surface area (Å²) in [4.78, 5) is 14.7. The Balaban J connectivity index is 2.20. The summed E-state index contributed by atoms with van der Waals surface area (Å²) in [5.41, 5.74) is 1.71. The minimum absolute atomic E-state index is 0.385. The van der Waals surface area contributed by atoms with Gasteiger partial charge in [0.1, 0.15) is 17.4 Å². The first-order chi connectivity index (χ1) is 9.16. The summed E-state index contributed by atoms with van der Waals surface area (Å²) in [6, 6.07) is 5.62. The maximum Gasteiger partial charge on any atom is 0.328 e. The van der Waals surface area contributed by atoms with Crippen molar-refractivity contribution < 1.29 is 14.6 Å². The third-order valence-corrected chi connectivity index (χ3v) is 3.22. The Morgan fingerprint density at radius 3 is 3.05 bits per heavy atom. The smallest absolute Gasteiger partial charge is 0.328 e. The van der Waals surface area contributed by atoms with Gasteiger partial charge in [0.05, 0.1) is 0 Å². The molecule has 0 aliphatic heterocycles. The number of aromatic nitrogens is 1. The molecule has 0 spiro atoms. The van der Waals surface area contributed by atoms with Gasteiger partial charge < -0.3 is 9.84 Å². The van der Waals surface area contributed by atoms with Crippen molar-refractivity contribution in [3.63, 3.8) is 0 Å². The van der Waals surface area contributed by atoms with Gasteiger partial charge >= 0.3 is 5.97 Å². The Bertz CT molecular complexity index is 591. The molecular formula is C14H13NO3S. The van der Waals surface area contributed by atoms with Gasteiger partial charge in [0, 0.05) is 23.2 Å². The van der Waals surface area contributed by atoms with Crippen molar-refractivity contribution in [1.29, 1.82) is 0 Å². The van der Waals surface area contributed by atoms with E-state index in [1.165, 1.54) is 17.4 Å². The number of ether oxygens (including phenoxy) is 1. The number of aryl methyl sites for hydroxylation is 1. The van der Waals surface area contributed by atoms with Crippen LogP contribution in [-0.2, 0) is 11.4 Å². The van der Waals surface area contributed by atoms with Crippen LogP contribution in [0.1, 0.15) is 16.1 Å². The first-order valence-corrected chi connectivity index (χ1v) is 6.56. The van der Waals surface area contributed by atoms with Crippen molar-refractivity contribution >= 4 is 23.4 Å². The molecule has 1 aromatic carbocycles. The Labute approximate surface area is 115 Å². The summed E-state index contributed by atoms with van der Waals surface area (Å²) in [6.07, 6.45) is 4.37. The topological polar surface area (TPSA) is 59.4 Å². The molecule has 2 rings (SSSR count). The maximum atomic E-state index is 10.6. The lowest BCUT2D eigenvalue weighted by Gasteiger charge is -2.10. The van der Waals surface area contributed by atoms with Gasteiger partial charge in [0.2, 0.25) is 0 Å². The number of carboxylic acid groups (broad SMARTS) is 1. The fourth-order valence-electron chi connectivity index (χ4n) is 1.62. The lowest BCUT2D eigenvalue weighted by Crippen LogP contribution is -1.98. The van der Waals surface area contributed by atoms with E-state index in [1.54, 1.807) is 6.20 Å². The number of nitrogens with zero attached hydrogens (tertiary/aromatic N) is 1. The second-order valence-corrected chi connectivity index (χ2v) is 4.86. The van der Waals surface area contributed by atoms with Crippen molar-refractivity contribution in [2.75, 3.05) is 0 Å². The van der Waals surface area contributed by atoms with E-state index >= 15 is 0 Å². The molecule has 0 aliphatic carbocycles. The van der Waals surface area contributed by atoms with E-state index in [9.17, 15) is 4.79 Å². The molecular weight excluding hydrogens is 262 g/mol. The number of carboxylic acids is 1. The van der Waals surface area contributed by atoms with Crippen LogP contribution in [0.15, 0.2) is 35.9 Å². The van der Waals surface area contributed by atoms with Gasteiger partial charge in [-0.3, -0.25) is 0 Å². The quantitative estimate of drug-likeness (QED) is 0.852. The predicted octanol–water partition coefficient (Wildman–Crippen LogP) is 3.13. The zero-order valence-corrected chi connectivity index (χ0v) is 11.2. The minimum atomic E-state index is -0.979. The molecule has 5 heteroatoms. The highest BCUT2D eigenvalue weighted by Gasteiger charge is 2.06. The number of para-hydroxylation sites is 1. The number of aliphatic carboxylic acids is 1. The fourth-order valence-corrected chi connectivity index (χ4v) is 2.15. The molecule has 98 valence electrons. The second-order valence-electron chi connectivity index (χ2n) is 3.88. The summed E-state index contributed by atoms with van der Waals surface area (Å²) >= 11 is 1.52. The Hall–Kier alpha value is -2.14. The zero-order valence-electron chi connectivity index (χ0n) is 10.4. The monoisotopic (exact) mass is 275 g/mol. The summed E-state index contributed by atoms with van der Waals surface area (Å²) in [6.45, 7) is 2.31. The van der Waals surface area contributed by atoms with E-state index in [1.807, 2.05) is 30.5 Å². The molecule has 0 saturated carbocycles. The van der Waals surface area contributed by atoms with Gasteiger partial charge in [-0.25, -0.2) is 9.78 Å². The second kappa shape index (κ2) is 6.15. The van der Waals surface area contributed by atoms with Crippen LogP contribution in [0.3, 0.4) is 0 Å². The molecule has 1 heterocycles. The molecule has 0 aliphatic rings. The molecule has 19 heavy (non-hydrogen) atoms. The number of rotatable bonds is 5. The molecule has 0 saturated heterocycles. The number of carbonyl (C=O) groups is 1. The lowest BCUT2D eigenvalue weighted by atomic mass is 10.1. The van der Waals surface area contributed by atoms with Gasteiger partial charge in [0.25, 0.3) is 0 Å². The highest BCUT2D eigenvalue weighted by molar-refractivity contribution is 7.09. The SMILES string of the molecule is Cc1cccc(/C=C/C(=O)O)c1OCc1nccs1. The van der Waals surface area contributed by atoms with Crippen molar-refractivity contribution in [1.82, 2.24) is 4.98 Å². The van der Waals surface area contributed by atoms with Gasteiger partial charge in [-0.1, -0.05) is 18.2 Å². The summed E-state index contributed by atoms with van der Waals surface area (Å²) in [5.74, 6) is -0.289. The third kappa shape index (κ3) is 3.66. The number of hydrogen-bond donors (Lipinski definition) is 1. The van der Waals surface area contributed by atoms with Crippen molar-refractivity contribution in [2.45, 2.75) is 13.5 Å². The molecule has 0 atom stereocenters. The molecule has 1 N–H and O–H groups in total. The van der Waals surface area contributed by atoms with E-state index in [0.717, 1.165) is 22.2 Å². The van der Waals surface area contributed by atoms with Crippen LogP contribution in [0, 0.1) is 6.92 Å². The molecule has 0 bridgehead atoms. The lowest BCUT2D eigenvalue weighted by molar-refractivity contribution is -0.131. The van der Waals surface area contributed by atoms with Gasteiger partial charge in [0.15, 0.2) is 0 Å². The van der Waals surface area contributed by atoms with E-state index < -0.39 is 5.97 Å². The van der Waals surface area contributed by atoms with Crippen LogP contribution >= 0.6 is 11.3 Å². The first-order valence-electron chi connectivity index (χ1n) is 5.68. The van der Waals surface area contributed by atoms with E-state index in [2.05, 4.69) is 4.98 Å². The standard InChI is InChI=1S/C14H13NO3S/c1-10-3-2-4-11(5-6-13(16)17)14(10)18-9-12-15-7-8-19-12/h2-8H,9H2,1H3,(H,16,17)/b6-5+. The first kappa shape index (κ1) is 13.3. The number of thiazole rings is 1. The van der Waals surface area contributed by atoms with Gasteiger partial charge in [-0.2, -0.15) is 0 Å². The Morgan fingerprint density at radius 2 is 2.37 bits per heavy atom. The summed E-state index contributed by atoms with van der Waals surface area (Å²) in [5, 5.41) is 11.5. The Kier molecular flexibility index (Phi) is 4.30. The highest BCUT2D eigenvalue weighted by atomic mass is 32.1. The largest absolute Gasteiger partial charge is 0.486 e. The molecule has 1 aromatic heterocycles. The van der Waals surface area contributed by atoms with Gasteiger partial charge in [-0.05, 0) is 18.6 Å². The van der Waals surface area contributed by atoms with E-state index in [-0.39, 0.29) is 0 Å². The maximum absolute atomic E-state index is 10.6. The molecule has 0 unspecified atom stereocenters. The van der Waals surface area contributed by atoms with Crippen LogP contribution < -0.4 is 4.74 Å². The van der Waals surface area contributed by atoms with Gasteiger partial charge in [-0.15, -0.1) is 11.3 Å². The van der Waals surface area contributed by atoms with Crippen LogP contribution in [0.25, 0.3) is 6.08 Å². The summed E-state index contributed by atoms with van der Waals surface area (Å²) in [7, 11) is 0. The Morgan fingerprint density at radius 1 is 1.53 bits per heavy atom. The molecule has 0 radical (unpaired) electrons. The number of hydrogen-bond acceptors (Lipinski definition) is 4. The minimum Gasteiger partial charge on any atom is -0.486 e. The highest BCUT2D eigenvalue weighted by Crippen LogP contribution is 2.25.